The van der Waals surface area contributed by atoms with Gasteiger partial charge in [0.25, 0.3) is 0 Å². The van der Waals surface area contributed by atoms with Gasteiger partial charge in [-0.05, 0) is 38.1 Å². The number of hydrogen-bond donors (Lipinski definition) is 2. The minimum absolute atomic E-state index is 0.0286. The Kier molecular flexibility index (Phi) is 5.46. The fraction of sp³-hybridized carbons (Fsp3) is 0.417. The molecule has 1 aromatic carbocycles. The van der Waals surface area contributed by atoms with E-state index < -0.39 is 22.0 Å². The number of rotatable bonds is 6. The predicted molar refractivity (Wildman–Crippen MR) is 69.3 cm³/mol. The number of benzene rings is 1. The van der Waals surface area contributed by atoms with E-state index in [9.17, 15) is 13.2 Å². The molecule has 0 aromatic heterocycles. The first kappa shape index (κ1) is 15.6. The molecule has 19 heavy (non-hydrogen) atoms. The van der Waals surface area contributed by atoms with Crippen LogP contribution in [-0.4, -0.2) is 38.7 Å². The molecule has 0 saturated heterocycles. The summed E-state index contributed by atoms with van der Waals surface area (Å²) in [5.41, 5.74) is 0.288. The van der Waals surface area contributed by atoms with E-state index in [-0.39, 0.29) is 23.7 Å². The predicted octanol–water partition coefficient (Wildman–Crippen LogP) is 0.522. The lowest BCUT2D eigenvalue weighted by atomic mass is 10.2. The molecule has 6 nitrogen and oxygen atoms in total. The van der Waals surface area contributed by atoms with Gasteiger partial charge in [-0.15, -0.1) is 0 Å². The van der Waals surface area contributed by atoms with Crippen molar-refractivity contribution in [2.75, 3.05) is 13.2 Å². The molecule has 1 atom stereocenters. The topological polar surface area (TPSA) is 92.7 Å². The second-order valence-corrected chi connectivity index (χ2v) is 5.66. The van der Waals surface area contributed by atoms with Crippen LogP contribution in [0.5, 0.6) is 0 Å². The average Bonchev–Trinajstić information content (AvgIpc) is 2.38. The van der Waals surface area contributed by atoms with Crippen LogP contribution in [-0.2, 0) is 14.8 Å². The molecule has 0 spiro atoms. The van der Waals surface area contributed by atoms with Crippen molar-refractivity contribution in [3.63, 3.8) is 0 Å². The van der Waals surface area contributed by atoms with Gasteiger partial charge in [0.2, 0.25) is 10.0 Å². The number of hydrogen-bond acceptors (Lipinski definition) is 5. The average molecular weight is 287 g/mol. The van der Waals surface area contributed by atoms with Crippen LogP contribution in [0.3, 0.4) is 0 Å². The number of aliphatic hydroxyl groups is 1. The highest BCUT2D eigenvalue weighted by Crippen LogP contribution is 2.12. The Balaban J connectivity index is 2.89. The fourth-order valence-electron chi connectivity index (χ4n) is 1.35. The standard InChI is InChI=1S/C12H17NO5S/c1-3-18-12(15)10-4-6-11(7-5-10)19(16,17)13-9(2)8-14/h4-7,9,13-14H,3,8H2,1-2H3/t9-/m0/s1. The molecule has 0 aliphatic rings. The van der Waals surface area contributed by atoms with Crippen molar-refractivity contribution in [3.8, 4) is 0 Å². The van der Waals surface area contributed by atoms with Gasteiger partial charge < -0.3 is 9.84 Å². The molecule has 0 heterocycles. The van der Waals surface area contributed by atoms with Crippen LogP contribution in [0.15, 0.2) is 29.2 Å². The molecule has 2 N–H and O–H groups in total. The zero-order valence-corrected chi connectivity index (χ0v) is 11.6. The second kappa shape index (κ2) is 6.65. The summed E-state index contributed by atoms with van der Waals surface area (Å²) in [7, 11) is -3.69. The van der Waals surface area contributed by atoms with Crippen molar-refractivity contribution in [2.45, 2.75) is 24.8 Å². The van der Waals surface area contributed by atoms with Crippen molar-refractivity contribution in [1.29, 1.82) is 0 Å². The zero-order chi connectivity index (χ0) is 14.5. The summed E-state index contributed by atoms with van der Waals surface area (Å²) < 4.78 is 30.8. The lowest BCUT2D eigenvalue weighted by Gasteiger charge is -2.11. The van der Waals surface area contributed by atoms with Crippen molar-refractivity contribution in [3.05, 3.63) is 29.8 Å². The van der Waals surface area contributed by atoms with E-state index in [0.717, 1.165) is 0 Å². The number of carbonyl (C=O) groups is 1. The van der Waals surface area contributed by atoms with Crippen LogP contribution < -0.4 is 4.72 Å². The maximum Gasteiger partial charge on any atom is 0.338 e. The van der Waals surface area contributed by atoms with Crippen molar-refractivity contribution in [2.24, 2.45) is 0 Å². The Morgan fingerprint density at radius 2 is 1.95 bits per heavy atom. The lowest BCUT2D eigenvalue weighted by Crippen LogP contribution is -2.34. The van der Waals surface area contributed by atoms with Crippen LogP contribution >= 0.6 is 0 Å². The van der Waals surface area contributed by atoms with E-state index in [0.29, 0.717) is 0 Å². The highest BCUT2D eigenvalue weighted by Gasteiger charge is 2.17. The summed E-state index contributed by atoms with van der Waals surface area (Å²) in [5.74, 6) is -0.497. The highest BCUT2D eigenvalue weighted by atomic mass is 32.2. The Morgan fingerprint density at radius 3 is 2.42 bits per heavy atom. The molecule has 0 saturated carbocycles. The molecule has 1 rings (SSSR count). The summed E-state index contributed by atoms with van der Waals surface area (Å²) in [6.07, 6.45) is 0. The van der Waals surface area contributed by atoms with Crippen molar-refractivity contribution < 1.29 is 23.1 Å². The van der Waals surface area contributed by atoms with Gasteiger partial charge in [0, 0.05) is 6.04 Å². The molecule has 0 radical (unpaired) electrons. The van der Waals surface area contributed by atoms with Gasteiger partial charge in [0.15, 0.2) is 0 Å². The summed E-state index contributed by atoms with van der Waals surface area (Å²) >= 11 is 0. The van der Waals surface area contributed by atoms with Crippen LogP contribution in [0.2, 0.25) is 0 Å². The summed E-state index contributed by atoms with van der Waals surface area (Å²) in [6, 6.07) is 4.83. The third-order valence-electron chi connectivity index (χ3n) is 2.31. The first-order valence-electron chi connectivity index (χ1n) is 5.81. The van der Waals surface area contributed by atoms with E-state index in [1.807, 2.05) is 0 Å². The molecule has 106 valence electrons. The molecule has 7 heteroatoms. The Hall–Kier alpha value is -1.44. The van der Waals surface area contributed by atoms with Gasteiger partial charge in [-0.3, -0.25) is 0 Å². The Labute approximate surface area is 112 Å². The van der Waals surface area contributed by atoms with Gasteiger partial charge in [-0.25, -0.2) is 17.9 Å². The Bertz CT molecular complexity index is 524. The molecule has 0 unspecified atom stereocenters. The zero-order valence-electron chi connectivity index (χ0n) is 10.8. The number of carbonyl (C=O) groups excluding carboxylic acids is 1. The number of ether oxygens (including phenoxy) is 1. The quantitative estimate of drug-likeness (QED) is 0.744. The largest absolute Gasteiger partial charge is 0.462 e. The van der Waals surface area contributed by atoms with Gasteiger partial charge in [0.05, 0.1) is 23.7 Å². The van der Waals surface area contributed by atoms with Crippen LogP contribution in [0.25, 0.3) is 0 Å². The first-order valence-corrected chi connectivity index (χ1v) is 7.29. The van der Waals surface area contributed by atoms with E-state index >= 15 is 0 Å². The molecule has 0 bridgehead atoms. The molecule has 0 aliphatic heterocycles. The van der Waals surface area contributed by atoms with E-state index in [1.165, 1.54) is 24.3 Å². The number of esters is 1. The minimum Gasteiger partial charge on any atom is -0.462 e. The van der Waals surface area contributed by atoms with Gasteiger partial charge in [-0.1, -0.05) is 0 Å². The monoisotopic (exact) mass is 287 g/mol. The van der Waals surface area contributed by atoms with Gasteiger partial charge >= 0.3 is 5.97 Å². The van der Waals surface area contributed by atoms with Crippen LogP contribution in [0.1, 0.15) is 24.2 Å². The van der Waals surface area contributed by atoms with Crippen molar-refractivity contribution in [1.82, 2.24) is 4.72 Å². The van der Waals surface area contributed by atoms with Crippen LogP contribution in [0, 0.1) is 0 Å². The normalized spacial score (nSPS) is 13.0. The Morgan fingerprint density at radius 1 is 1.37 bits per heavy atom. The maximum absolute atomic E-state index is 11.9. The van der Waals surface area contributed by atoms with E-state index in [4.69, 9.17) is 9.84 Å². The van der Waals surface area contributed by atoms with Crippen LogP contribution in [0.4, 0.5) is 0 Å². The molecule has 0 amide bonds. The summed E-state index contributed by atoms with van der Waals surface area (Å²) in [4.78, 5) is 11.4. The molecular formula is C12H17NO5S. The second-order valence-electron chi connectivity index (χ2n) is 3.95. The third-order valence-corrected chi connectivity index (χ3v) is 3.91. The molecule has 0 fully saturated rings. The fourth-order valence-corrected chi connectivity index (χ4v) is 2.59. The number of nitrogens with one attached hydrogen (secondary N) is 1. The lowest BCUT2D eigenvalue weighted by molar-refractivity contribution is 0.0526. The molecular weight excluding hydrogens is 270 g/mol. The number of sulfonamides is 1. The minimum atomic E-state index is -3.69. The van der Waals surface area contributed by atoms with Crippen molar-refractivity contribution >= 4 is 16.0 Å². The van der Waals surface area contributed by atoms with E-state index in [1.54, 1.807) is 13.8 Å². The smallest absolute Gasteiger partial charge is 0.338 e. The summed E-state index contributed by atoms with van der Waals surface area (Å²) in [5, 5.41) is 8.83. The maximum atomic E-state index is 11.9. The first-order chi connectivity index (χ1) is 8.90. The van der Waals surface area contributed by atoms with Gasteiger partial charge in [0.1, 0.15) is 0 Å². The van der Waals surface area contributed by atoms with E-state index in [2.05, 4.69) is 4.72 Å². The SMILES string of the molecule is CCOC(=O)c1ccc(S(=O)(=O)N[C@@H](C)CO)cc1. The number of aliphatic hydroxyl groups excluding tert-OH is 1. The third kappa shape index (κ3) is 4.30. The highest BCUT2D eigenvalue weighted by molar-refractivity contribution is 7.89. The summed E-state index contributed by atoms with van der Waals surface area (Å²) in [6.45, 7) is 3.20. The molecule has 1 aromatic rings. The van der Waals surface area contributed by atoms with Gasteiger partial charge in [-0.2, -0.15) is 0 Å². The molecule has 0 aliphatic carbocycles.